The molecule has 1 heterocycles. The van der Waals surface area contributed by atoms with Gasteiger partial charge in [0.1, 0.15) is 5.60 Å². The molecule has 23 heavy (non-hydrogen) atoms. The molecule has 128 valence electrons. The van der Waals surface area contributed by atoms with Gasteiger partial charge in [0.25, 0.3) is 0 Å². The molecule has 1 aromatic heterocycles. The van der Waals surface area contributed by atoms with Gasteiger partial charge in [-0.25, -0.2) is 9.78 Å². The van der Waals surface area contributed by atoms with Crippen LogP contribution in [-0.2, 0) is 27.4 Å². The van der Waals surface area contributed by atoms with Gasteiger partial charge in [0.2, 0.25) is 0 Å². The van der Waals surface area contributed by atoms with Crippen LogP contribution in [0.25, 0.3) is 0 Å². The van der Waals surface area contributed by atoms with Crippen molar-refractivity contribution in [1.82, 2.24) is 14.9 Å². The Kier molecular flexibility index (Phi) is 6.96. The van der Waals surface area contributed by atoms with Crippen molar-refractivity contribution in [2.75, 3.05) is 13.2 Å². The summed E-state index contributed by atoms with van der Waals surface area (Å²) in [5, 5.41) is 2.97. The van der Waals surface area contributed by atoms with E-state index in [1.165, 1.54) is 0 Å². The Labute approximate surface area is 136 Å². The van der Waals surface area contributed by atoms with E-state index in [1.54, 1.807) is 23.9 Å². The van der Waals surface area contributed by atoms with E-state index in [0.717, 1.165) is 0 Å². The van der Waals surface area contributed by atoms with Gasteiger partial charge in [-0.3, -0.25) is 4.79 Å². The van der Waals surface area contributed by atoms with Gasteiger partial charge < -0.3 is 19.4 Å². The van der Waals surface area contributed by atoms with Gasteiger partial charge in [-0.2, -0.15) is 0 Å². The average molecular weight is 323 g/mol. The second-order valence-corrected chi connectivity index (χ2v) is 5.89. The molecular weight excluding hydrogens is 298 g/mol. The number of aromatic nitrogens is 2. The molecule has 7 heteroatoms. The van der Waals surface area contributed by atoms with E-state index in [4.69, 9.17) is 9.47 Å². The Morgan fingerprint density at radius 3 is 2.70 bits per heavy atom. The number of nitrogens with one attached hydrogen (secondary N) is 1. The molecule has 0 aliphatic carbocycles. The fourth-order valence-corrected chi connectivity index (χ4v) is 1.92. The fourth-order valence-electron chi connectivity index (χ4n) is 1.92. The Balaban J connectivity index is 2.73. The molecule has 0 aromatic carbocycles. The van der Waals surface area contributed by atoms with Crippen molar-refractivity contribution in [3.8, 4) is 0 Å². The summed E-state index contributed by atoms with van der Waals surface area (Å²) in [7, 11) is 0. The number of esters is 2. The minimum atomic E-state index is -0.528. The van der Waals surface area contributed by atoms with E-state index in [2.05, 4.69) is 16.9 Å². The van der Waals surface area contributed by atoms with Gasteiger partial charge >= 0.3 is 11.9 Å². The Bertz CT molecular complexity index is 558. The molecule has 0 unspecified atom stereocenters. The van der Waals surface area contributed by atoms with Crippen LogP contribution in [0.4, 0.5) is 0 Å². The third-order valence-corrected chi connectivity index (χ3v) is 2.72. The van der Waals surface area contributed by atoms with E-state index in [1.807, 2.05) is 20.8 Å². The first kappa shape index (κ1) is 18.9. The number of imidazole rings is 1. The van der Waals surface area contributed by atoms with Crippen LogP contribution in [0.2, 0.25) is 0 Å². The topological polar surface area (TPSA) is 82.5 Å². The summed E-state index contributed by atoms with van der Waals surface area (Å²) < 4.78 is 12.0. The van der Waals surface area contributed by atoms with Crippen LogP contribution in [-0.4, -0.2) is 40.2 Å². The molecule has 0 spiro atoms. The number of allylic oxidation sites excluding steroid dienone is 1. The molecule has 1 aromatic rings. The minimum absolute atomic E-state index is 0.0405. The smallest absolute Gasteiger partial charge is 0.358 e. The van der Waals surface area contributed by atoms with Crippen LogP contribution in [0.15, 0.2) is 19.0 Å². The number of carbonyl (C=O) groups is 2. The zero-order valence-corrected chi connectivity index (χ0v) is 14.2. The number of carbonyl (C=O) groups excluding carboxylic acids is 2. The molecule has 0 saturated heterocycles. The average Bonchev–Trinajstić information content (AvgIpc) is 2.81. The van der Waals surface area contributed by atoms with Gasteiger partial charge in [0, 0.05) is 13.1 Å². The minimum Gasteiger partial charge on any atom is -0.461 e. The van der Waals surface area contributed by atoms with Crippen LogP contribution < -0.4 is 5.32 Å². The first-order valence-electron chi connectivity index (χ1n) is 7.53. The van der Waals surface area contributed by atoms with Gasteiger partial charge in [-0.1, -0.05) is 6.08 Å². The Morgan fingerprint density at radius 2 is 2.13 bits per heavy atom. The van der Waals surface area contributed by atoms with Crippen molar-refractivity contribution in [2.24, 2.45) is 0 Å². The second kappa shape index (κ2) is 8.47. The lowest BCUT2D eigenvalue weighted by Crippen LogP contribution is -2.32. The summed E-state index contributed by atoms with van der Waals surface area (Å²) in [6, 6.07) is 0. The predicted molar refractivity (Wildman–Crippen MR) is 85.9 cm³/mol. The van der Waals surface area contributed by atoms with Crippen LogP contribution in [0.1, 0.15) is 43.9 Å². The lowest BCUT2D eigenvalue weighted by Gasteiger charge is -2.19. The first-order valence-corrected chi connectivity index (χ1v) is 7.53. The second-order valence-electron chi connectivity index (χ2n) is 5.89. The van der Waals surface area contributed by atoms with E-state index < -0.39 is 11.6 Å². The van der Waals surface area contributed by atoms with E-state index in [0.29, 0.717) is 18.8 Å². The van der Waals surface area contributed by atoms with E-state index in [9.17, 15) is 9.59 Å². The van der Waals surface area contributed by atoms with E-state index >= 15 is 0 Å². The lowest BCUT2D eigenvalue weighted by molar-refractivity contribution is -0.153. The van der Waals surface area contributed by atoms with Crippen molar-refractivity contribution in [1.29, 1.82) is 0 Å². The molecule has 0 aliphatic heterocycles. The van der Waals surface area contributed by atoms with Crippen molar-refractivity contribution in [3.63, 3.8) is 0 Å². The Hall–Kier alpha value is -2.15. The molecule has 1 N–H and O–H groups in total. The van der Waals surface area contributed by atoms with Crippen LogP contribution in [0.5, 0.6) is 0 Å². The maximum absolute atomic E-state index is 11.9. The van der Waals surface area contributed by atoms with Crippen LogP contribution in [0.3, 0.4) is 0 Å². The zero-order valence-electron chi connectivity index (χ0n) is 14.2. The van der Waals surface area contributed by atoms with E-state index in [-0.39, 0.29) is 24.8 Å². The largest absolute Gasteiger partial charge is 0.461 e. The molecule has 0 atom stereocenters. The standard InChI is InChI=1S/C16H25N3O4/c1-6-8-19-11-18-14(15(21)22-7-2)12(19)9-17-10-13(20)23-16(3,4)5/h6,11,17H,1,7-10H2,2-5H3. The van der Waals surface area contributed by atoms with Crippen molar-refractivity contribution >= 4 is 11.9 Å². The molecular formula is C16H25N3O4. The Morgan fingerprint density at radius 1 is 1.43 bits per heavy atom. The molecule has 0 radical (unpaired) electrons. The monoisotopic (exact) mass is 323 g/mol. The van der Waals surface area contributed by atoms with Crippen LogP contribution >= 0.6 is 0 Å². The fraction of sp³-hybridized carbons (Fsp3) is 0.562. The predicted octanol–water partition coefficient (Wildman–Crippen LogP) is 1.68. The lowest BCUT2D eigenvalue weighted by atomic mass is 10.2. The number of hydrogen-bond acceptors (Lipinski definition) is 6. The first-order chi connectivity index (χ1) is 10.8. The highest BCUT2D eigenvalue weighted by atomic mass is 16.6. The number of rotatable bonds is 8. The van der Waals surface area contributed by atoms with Crippen LogP contribution in [0, 0.1) is 0 Å². The maximum atomic E-state index is 11.9. The number of ether oxygens (including phenoxy) is 2. The van der Waals surface area contributed by atoms with Gasteiger partial charge in [0.05, 0.1) is 25.2 Å². The highest BCUT2D eigenvalue weighted by molar-refractivity contribution is 5.88. The number of nitrogens with zero attached hydrogens (tertiary/aromatic N) is 2. The number of hydrogen-bond donors (Lipinski definition) is 1. The third kappa shape index (κ3) is 6.23. The van der Waals surface area contributed by atoms with Gasteiger partial charge in [-0.05, 0) is 27.7 Å². The van der Waals surface area contributed by atoms with Crippen molar-refractivity contribution < 1.29 is 19.1 Å². The summed E-state index contributed by atoms with van der Waals surface area (Å²) >= 11 is 0. The summed E-state index contributed by atoms with van der Waals surface area (Å²) in [6.45, 7) is 12.0. The summed E-state index contributed by atoms with van der Waals surface area (Å²) in [4.78, 5) is 27.7. The quantitative estimate of drug-likeness (QED) is 0.579. The summed E-state index contributed by atoms with van der Waals surface area (Å²) in [6.07, 6.45) is 3.26. The zero-order chi connectivity index (χ0) is 17.5. The maximum Gasteiger partial charge on any atom is 0.358 e. The molecule has 1 rings (SSSR count). The van der Waals surface area contributed by atoms with Gasteiger partial charge in [0.15, 0.2) is 5.69 Å². The molecule has 7 nitrogen and oxygen atoms in total. The highest BCUT2D eigenvalue weighted by Crippen LogP contribution is 2.10. The molecule has 0 saturated carbocycles. The molecule has 0 fully saturated rings. The molecule has 0 aliphatic rings. The molecule has 0 bridgehead atoms. The summed E-state index contributed by atoms with van der Waals surface area (Å²) in [5.74, 6) is -0.839. The summed E-state index contributed by atoms with van der Waals surface area (Å²) in [5.41, 5.74) is 0.358. The van der Waals surface area contributed by atoms with Gasteiger partial charge in [-0.15, -0.1) is 6.58 Å². The normalized spacial score (nSPS) is 11.1. The molecule has 0 amide bonds. The van der Waals surface area contributed by atoms with Crippen molar-refractivity contribution in [3.05, 3.63) is 30.4 Å². The SMILES string of the molecule is C=CCn1cnc(C(=O)OCC)c1CNCC(=O)OC(C)(C)C. The van der Waals surface area contributed by atoms with Crippen molar-refractivity contribution in [2.45, 2.75) is 46.4 Å². The third-order valence-electron chi connectivity index (χ3n) is 2.72. The highest BCUT2D eigenvalue weighted by Gasteiger charge is 2.20.